The number of allylic oxidation sites excluding steroid dienone is 2. The minimum absolute atomic E-state index is 1.30. The number of unbranched alkanes of at least 4 members (excludes halogenated alkanes) is 13. The van der Waals surface area contributed by atoms with Crippen molar-refractivity contribution in [3.8, 4) is 0 Å². The molecule has 0 aromatic rings. The highest BCUT2D eigenvalue weighted by atomic mass is 14.0. The van der Waals surface area contributed by atoms with Gasteiger partial charge < -0.3 is 0 Å². The van der Waals surface area contributed by atoms with Gasteiger partial charge in [0, 0.05) is 0 Å². The van der Waals surface area contributed by atoms with Crippen molar-refractivity contribution in [1.82, 2.24) is 0 Å². The molecule has 0 aliphatic rings. The van der Waals surface area contributed by atoms with Gasteiger partial charge in [-0.05, 0) is 25.7 Å². The predicted molar refractivity (Wildman–Crippen MR) is 89.7 cm³/mol. The van der Waals surface area contributed by atoms with E-state index in [1.54, 1.807) is 0 Å². The van der Waals surface area contributed by atoms with Gasteiger partial charge in [-0.25, -0.2) is 0 Å². The van der Waals surface area contributed by atoms with Crippen LogP contribution < -0.4 is 0 Å². The molecule has 0 rings (SSSR count). The van der Waals surface area contributed by atoms with E-state index in [4.69, 9.17) is 0 Å². The fraction of sp³-hybridized carbons (Fsp3) is 0.895. The standard InChI is InChI=1S/C19H38/c1-3-5-7-9-11-13-15-17-19-18-16-14-12-10-8-6-4-2/h11,13H,3-10,12,14-19H2,1-2H3. The molecule has 0 saturated heterocycles. The Morgan fingerprint density at radius 2 is 0.737 bits per heavy atom. The normalized spacial score (nSPS) is 11.5. The lowest BCUT2D eigenvalue weighted by molar-refractivity contribution is 0.557. The molecular weight excluding hydrogens is 228 g/mol. The molecule has 0 saturated carbocycles. The zero-order chi connectivity index (χ0) is 14.0. The highest BCUT2D eigenvalue weighted by molar-refractivity contribution is 4.81. The van der Waals surface area contributed by atoms with Crippen LogP contribution in [0, 0.1) is 0 Å². The average molecular weight is 267 g/mol. The fourth-order valence-corrected chi connectivity index (χ4v) is 2.50. The number of hydrogen-bond acceptors (Lipinski definition) is 0. The van der Waals surface area contributed by atoms with E-state index in [1.807, 2.05) is 0 Å². The molecule has 0 nitrogen and oxygen atoms in total. The van der Waals surface area contributed by atoms with Crippen molar-refractivity contribution in [3.05, 3.63) is 12.2 Å². The van der Waals surface area contributed by atoms with Gasteiger partial charge in [0.15, 0.2) is 0 Å². The summed E-state index contributed by atoms with van der Waals surface area (Å²) >= 11 is 0. The van der Waals surface area contributed by atoms with Crippen LogP contribution in [0.5, 0.6) is 0 Å². The van der Waals surface area contributed by atoms with Crippen LogP contribution in [0.1, 0.15) is 110 Å². The molecule has 0 amide bonds. The van der Waals surface area contributed by atoms with Crippen LogP contribution >= 0.6 is 0 Å². The zero-order valence-corrected chi connectivity index (χ0v) is 13.8. The summed E-state index contributed by atoms with van der Waals surface area (Å²) in [7, 11) is 0. The first-order valence-electron chi connectivity index (χ1n) is 9.06. The summed E-state index contributed by atoms with van der Waals surface area (Å²) in [4.78, 5) is 0. The van der Waals surface area contributed by atoms with Gasteiger partial charge in [-0.3, -0.25) is 0 Å². The maximum Gasteiger partial charge on any atom is -0.0351 e. The summed E-state index contributed by atoms with van der Waals surface area (Å²) in [6.45, 7) is 4.56. The first kappa shape index (κ1) is 18.7. The maximum absolute atomic E-state index is 2.40. The Morgan fingerprint density at radius 1 is 0.421 bits per heavy atom. The Balaban J connectivity index is 2.98. The molecule has 0 N–H and O–H groups in total. The molecule has 0 spiro atoms. The minimum atomic E-state index is 1.30. The number of rotatable bonds is 15. The summed E-state index contributed by atoms with van der Waals surface area (Å²) in [6.07, 6.45) is 25.9. The van der Waals surface area contributed by atoms with Crippen molar-refractivity contribution < 1.29 is 0 Å². The molecule has 0 aromatic heterocycles. The second-order valence-corrected chi connectivity index (χ2v) is 5.94. The van der Waals surface area contributed by atoms with E-state index in [1.165, 1.54) is 96.3 Å². The van der Waals surface area contributed by atoms with Gasteiger partial charge >= 0.3 is 0 Å². The summed E-state index contributed by atoms with van der Waals surface area (Å²) < 4.78 is 0. The van der Waals surface area contributed by atoms with Crippen molar-refractivity contribution in [2.75, 3.05) is 0 Å². The largest absolute Gasteiger partial charge is 0.0885 e. The van der Waals surface area contributed by atoms with Crippen molar-refractivity contribution >= 4 is 0 Å². The monoisotopic (exact) mass is 266 g/mol. The van der Waals surface area contributed by atoms with Crippen LogP contribution in [0.15, 0.2) is 12.2 Å². The van der Waals surface area contributed by atoms with Gasteiger partial charge in [-0.1, -0.05) is 96.6 Å². The van der Waals surface area contributed by atoms with Crippen molar-refractivity contribution in [2.45, 2.75) is 110 Å². The second-order valence-electron chi connectivity index (χ2n) is 5.94. The third-order valence-corrected chi connectivity index (χ3v) is 3.87. The van der Waals surface area contributed by atoms with Gasteiger partial charge in [0.2, 0.25) is 0 Å². The molecule has 19 heavy (non-hydrogen) atoms. The molecule has 0 aliphatic heterocycles. The quantitative estimate of drug-likeness (QED) is 0.213. The number of hydrogen-bond donors (Lipinski definition) is 0. The highest BCUT2D eigenvalue weighted by Crippen LogP contribution is 2.11. The lowest BCUT2D eigenvalue weighted by Gasteiger charge is -2.01. The van der Waals surface area contributed by atoms with Crippen LogP contribution in [-0.4, -0.2) is 0 Å². The first-order chi connectivity index (χ1) is 9.41. The van der Waals surface area contributed by atoms with E-state index in [2.05, 4.69) is 26.0 Å². The Hall–Kier alpha value is -0.260. The molecular formula is C19H38. The van der Waals surface area contributed by atoms with E-state index in [0.717, 1.165) is 0 Å². The summed E-state index contributed by atoms with van der Waals surface area (Å²) in [5.74, 6) is 0. The third-order valence-electron chi connectivity index (χ3n) is 3.87. The van der Waals surface area contributed by atoms with Gasteiger partial charge in [-0.2, -0.15) is 0 Å². The Labute approximate surface area is 123 Å². The molecule has 0 fully saturated rings. The highest BCUT2D eigenvalue weighted by Gasteiger charge is 1.91. The van der Waals surface area contributed by atoms with Gasteiger partial charge in [0.25, 0.3) is 0 Å². The molecule has 0 radical (unpaired) electrons. The molecule has 0 unspecified atom stereocenters. The van der Waals surface area contributed by atoms with Gasteiger partial charge in [0.05, 0.1) is 0 Å². The van der Waals surface area contributed by atoms with Crippen molar-refractivity contribution in [1.29, 1.82) is 0 Å². The third kappa shape index (κ3) is 17.7. The van der Waals surface area contributed by atoms with Crippen LogP contribution in [0.4, 0.5) is 0 Å². The van der Waals surface area contributed by atoms with Gasteiger partial charge in [-0.15, -0.1) is 0 Å². The fourth-order valence-electron chi connectivity index (χ4n) is 2.50. The molecule has 0 bridgehead atoms. The Morgan fingerprint density at radius 3 is 1.21 bits per heavy atom. The Kier molecular flexibility index (Phi) is 17.5. The van der Waals surface area contributed by atoms with Gasteiger partial charge in [0.1, 0.15) is 0 Å². The molecule has 114 valence electrons. The van der Waals surface area contributed by atoms with Crippen molar-refractivity contribution in [2.24, 2.45) is 0 Å². The summed E-state index contributed by atoms with van der Waals surface area (Å²) in [5, 5.41) is 0. The second kappa shape index (κ2) is 17.7. The topological polar surface area (TPSA) is 0 Å². The predicted octanol–water partition coefficient (Wildman–Crippen LogP) is 7.43. The smallest absolute Gasteiger partial charge is 0.0351 e. The minimum Gasteiger partial charge on any atom is -0.0885 e. The van der Waals surface area contributed by atoms with E-state index in [0.29, 0.717) is 0 Å². The lowest BCUT2D eigenvalue weighted by atomic mass is 10.1. The summed E-state index contributed by atoms with van der Waals surface area (Å²) in [6, 6.07) is 0. The van der Waals surface area contributed by atoms with Crippen molar-refractivity contribution in [3.63, 3.8) is 0 Å². The van der Waals surface area contributed by atoms with E-state index >= 15 is 0 Å². The van der Waals surface area contributed by atoms with Crippen LogP contribution in [0.2, 0.25) is 0 Å². The zero-order valence-electron chi connectivity index (χ0n) is 13.8. The molecule has 0 aliphatic carbocycles. The lowest BCUT2D eigenvalue weighted by Crippen LogP contribution is -1.81. The first-order valence-corrected chi connectivity index (χ1v) is 9.06. The SMILES string of the molecule is CCCCCC=CCCCCCCCCCCCC. The molecule has 0 heterocycles. The van der Waals surface area contributed by atoms with E-state index < -0.39 is 0 Å². The molecule has 0 aromatic carbocycles. The van der Waals surface area contributed by atoms with Crippen LogP contribution in [0.25, 0.3) is 0 Å². The Bertz CT molecular complexity index is 169. The average Bonchev–Trinajstić information content (AvgIpc) is 2.43. The van der Waals surface area contributed by atoms with E-state index in [9.17, 15) is 0 Å². The molecule has 0 heteroatoms. The molecule has 0 atom stereocenters. The van der Waals surface area contributed by atoms with E-state index in [-0.39, 0.29) is 0 Å². The van der Waals surface area contributed by atoms with Crippen LogP contribution in [-0.2, 0) is 0 Å². The maximum atomic E-state index is 2.40. The summed E-state index contributed by atoms with van der Waals surface area (Å²) in [5.41, 5.74) is 0. The van der Waals surface area contributed by atoms with Crippen LogP contribution in [0.3, 0.4) is 0 Å².